The monoisotopic (exact) mass is 311 g/mol. The summed E-state index contributed by atoms with van der Waals surface area (Å²) < 4.78 is 27.7. The van der Waals surface area contributed by atoms with Crippen LogP contribution in [0, 0.1) is 11.6 Å². The second kappa shape index (κ2) is 5.81. The molecule has 0 unspecified atom stereocenters. The summed E-state index contributed by atoms with van der Waals surface area (Å²) in [6, 6.07) is 5.51. The second-order valence-corrected chi connectivity index (χ2v) is 6.28. The molecule has 0 aliphatic carbocycles. The number of halogens is 2. The van der Waals surface area contributed by atoms with Crippen molar-refractivity contribution in [2.24, 2.45) is 0 Å². The topological polar surface area (TPSA) is 49.3 Å². The van der Waals surface area contributed by atoms with Gasteiger partial charge in [-0.2, -0.15) is 0 Å². The van der Waals surface area contributed by atoms with Gasteiger partial charge in [-0.05, 0) is 23.6 Å². The van der Waals surface area contributed by atoms with E-state index >= 15 is 0 Å². The van der Waals surface area contributed by atoms with E-state index in [0.717, 1.165) is 17.0 Å². The molecule has 0 amide bonds. The predicted molar refractivity (Wildman–Crippen MR) is 79.2 cm³/mol. The van der Waals surface area contributed by atoms with Gasteiger partial charge in [-0.15, -0.1) is 11.3 Å². The van der Waals surface area contributed by atoms with Crippen molar-refractivity contribution >= 4 is 23.0 Å². The molecule has 0 aliphatic rings. The molecular weight excluding hydrogens is 296 g/mol. The Morgan fingerprint density at radius 3 is 2.43 bits per heavy atom. The Morgan fingerprint density at radius 1 is 1.33 bits per heavy atom. The molecule has 0 saturated heterocycles. The van der Waals surface area contributed by atoms with Crippen molar-refractivity contribution < 1.29 is 18.7 Å². The molecule has 1 heterocycles. The average molecular weight is 311 g/mol. The van der Waals surface area contributed by atoms with E-state index in [2.05, 4.69) is 5.32 Å². The first kappa shape index (κ1) is 15.4. The fourth-order valence-electron chi connectivity index (χ4n) is 1.93. The lowest BCUT2D eigenvalue weighted by Gasteiger charge is -2.24. The van der Waals surface area contributed by atoms with Gasteiger partial charge in [0.05, 0.1) is 5.56 Å². The van der Waals surface area contributed by atoms with Gasteiger partial charge in [0.1, 0.15) is 17.3 Å². The maximum Gasteiger partial charge on any atom is 0.335 e. The van der Waals surface area contributed by atoms with E-state index < -0.39 is 23.2 Å². The molecule has 1 aromatic carbocycles. The fraction of sp³-hybridized carbons (Fsp3) is 0.267. The molecule has 0 atom stereocenters. The number of benzene rings is 1. The molecule has 21 heavy (non-hydrogen) atoms. The van der Waals surface area contributed by atoms with E-state index in [1.165, 1.54) is 0 Å². The summed E-state index contributed by atoms with van der Waals surface area (Å²) in [4.78, 5) is 11.8. The first-order valence-corrected chi connectivity index (χ1v) is 7.19. The first-order chi connectivity index (χ1) is 9.81. The van der Waals surface area contributed by atoms with Gasteiger partial charge in [-0.3, -0.25) is 0 Å². The lowest BCUT2D eigenvalue weighted by Crippen LogP contribution is -2.27. The summed E-state index contributed by atoms with van der Waals surface area (Å²) in [7, 11) is 0. The Hall–Kier alpha value is -1.95. The van der Waals surface area contributed by atoms with E-state index in [1.54, 1.807) is 11.3 Å². The number of thiophene rings is 1. The van der Waals surface area contributed by atoms with Gasteiger partial charge in [0, 0.05) is 16.8 Å². The lowest BCUT2D eigenvalue weighted by molar-refractivity contribution is 0.0696. The third kappa shape index (κ3) is 3.39. The Morgan fingerprint density at radius 2 is 1.95 bits per heavy atom. The summed E-state index contributed by atoms with van der Waals surface area (Å²) in [6.45, 7) is 4.26. The minimum absolute atomic E-state index is 0.293. The highest BCUT2D eigenvalue weighted by molar-refractivity contribution is 7.10. The number of hydrogen-bond donors (Lipinski definition) is 2. The molecule has 2 rings (SSSR count). The van der Waals surface area contributed by atoms with Crippen molar-refractivity contribution in [3.8, 4) is 0 Å². The van der Waals surface area contributed by atoms with Crippen molar-refractivity contribution in [3.63, 3.8) is 0 Å². The van der Waals surface area contributed by atoms with Crippen molar-refractivity contribution in [2.45, 2.75) is 19.3 Å². The normalized spacial score (nSPS) is 11.4. The number of carboxylic acid groups (broad SMARTS) is 1. The van der Waals surface area contributed by atoms with Crippen LogP contribution in [0.25, 0.3) is 0 Å². The van der Waals surface area contributed by atoms with Crippen LogP contribution in [0.15, 0.2) is 29.6 Å². The van der Waals surface area contributed by atoms with E-state index in [0.29, 0.717) is 6.54 Å². The van der Waals surface area contributed by atoms with Crippen molar-refractivity contribution in [3.05, 3.63) is 51.7 Å². The van der Waals surface area contributed by atoms with Gasteiger partial charge in [0.15, 0.2) is 0 Å². The highest BCUT2D eigenvalue weighted by Gasteiger charge is 2.23. The number of rotatable bonds is 5. The molecule has 112 valence electrons. The largest absolute Gasteiger partial charge is 0.478 e. The Labute approximate surface area is 125 Å². The highest BCUT2D eigenvalue weighted by atomic mass is 32.1. The van der Waals surface area contributed by atoms with E-state index in [-0.39, 0.29) is 11.1 Å². The van der Waals surface area contributed by atoms with Gasteiger partial charge in [0.2, 0.25) is 0 Å². The lowest BCUT2D eigenvalue weighted by atomic mass is 9.91. The summed E-state index contributed by atoms with van der Waals surface area (Å²) in [5.41, 5.74) is -1.00. The summed E-state index contributed by atoms with van der Waals surface area (Å²) in [5, 5.41) is 13.4. The number of aromatic carboxylic acids is 1. The van der Waals surface area contributed by atoms with E-state index in [1.807, 2.05) is 31.4 Å². The standard InChI is InChI=1S/C15H15F2NO2S/c1-15(2,12-4-3-5-21-12)8-18-13-10(16)6-9(14(19)20)7-11(13)17/h3-7,18H,8H2,1-2H3,(H,19,20). The zero-order valence-electron chi connectivity index (χ0n) is 11.6. The molecule has 0 radical (unpaired) electrons. The zero-order valence-corrected chi connectivity index (χ0v) is 12.4. The fourth-order valence-corrected chi connectivity index (χ4v) is 2.78. The van der Waals surface area contributed by atoms with Crippen molar-refractivity contribution in [1.29, 1.82) is 0 Å². The molecule has 2 N–H and O–H groups in total. The number of nitrogens with one attached hydrogen (secondary N) is 1. The third-order valence-electron chi connectivity index (χ3n) is 3.18. The van der Waals surface area contributed by atoms with E-state index in [9.17, 15) is 13.6 Å². The molecule has 3 nitrogen and oxygen atoms in total. The summed E-state index contributed by atoms with van der Waals surface area (Å²) in [6.07, 6.45) is 0. The first-order valence-electron chi connectivity index (χ1n) is 6.31. The number of anilines is 1. The van der Waals surface area contributed by atoms with Crippen LogP contribution >= 0.6 is 11.3 Å². The van der Waals surface area contributed by atoms with Crippen LogP contribution in [0.3, 0.4) is 0 Å². The molecule has 0 fully saturated rings. The Bertz CT molecular complexity index is 631. The maximum atomic E-state index is 13.8. The molecule has 0 saturated carbocycles. The molecule has 0 spiro atoms. The van der Waals surface area contributed by atoms with Crippen LogP contribution in [0.4, 0.5) is 14.5 Å². The Kier molecular flexibility index (Phi) is 4.27. The highest BCUT2D eigenvalue weighted by Crippen LogP contribution is 2.29. The summed E-state index contributed by atoms with van der Waals surface area (Å²) >= 11 is 1.57. The molecular formula is C15H15F2NO2S. The van der Waals surface area contributed by atoms with Gasteiger partial charge in [-0.25, -0.2) is 13.6 Å². The SMILES string of the molecule is CC(C)(CNc1c(F)cc(C(=O)O)cc1F)c1cccs1. The third-order valence-corrected chi connectivity index (χ3v) is 4.42. The van der Waals surface area contributed by atoms with Crippen LogP contribution in [-0.4, -0.2) is 17.6 Å². The zero-order chi connectivity index (χ0) is 15.6. The van der Waals surface area contributed by atoms with Crippen LogP contribution in [-0.2, 0) is 5.41 Å². The maximum absolute atomic E-state index is 13.8. The van der Waals surface area contributed by atoms with Crippen molar-refractivity contribution in [2.75, 3.05) is 11.9 Å². The molecule has 1 aromatic heterocycles. The number of carbonyl (C=O) groups is 1. The van der Waals surface area contributed by atoms with Crippen LogP contribution in [0.5, 0.6) is 0 Å². The average Bonchev–Trinajstić information content (AvgIpc) is 2.91. The molecule has 0 aliphatic heterocycles. The van der Waals surface area contributed by atoms with Gasteiger partial charge >= 0.3 is 5.97 Å². The summed E-state index contributed by atoms with van der Waals surface area (Å²) in [5.74, 6) is -3.18. The number of hydrogen-bond acceptors (Lipinski definition) is 3. The molecule has 0 bridgehead atoms. The minimum atomic E-state index is -1.36. The quantitative estimate of drug-likeness (QED) is 0.873. The predicted octanol–water partition coefficient (Wildman–Crippen LogP) is 4.11. The van der Waals surface area contributed by atoms with Crippen LogP contribution in [0.1, 0.15) is 29.1 Å². The van der Waals surface area contributed by atoms with Crippen LogP contribution in [0.2, 0.25) is 0 Å². The van der Waals surface area contributed by atoms with Crippen molar-refractivity contribution in [1.82, 2.24) is 0 Å². The Balaban J connectivity index is 2.19. The second-order valence-electron chi connectivity index (χ2n) is 5.33. The van der Waals surface area contributed by atoms with E-state index in [4.69, 9.17) is 5.11 Å². The van der Waals surface area contributed by atoms with Crippen LogP contribution < -0.4 is 5.32 Å². The van der Waals surface area contributed by atoms with Gasteiger partial charge in [-0.1, -0.05) is 19.9 Å². The number of carboxylic acids is 1. The molecule has 2 aromatic rings. The minimum Gasteiger partial charge on any atom is -0.478 e. The molecule has 6 heteroatoms. The van der Waals surface area contributed by atoms with Gasteiger partial charge in [0.25, 0.3) is 0 Å². The van der Waals surface area contributed by atoms with Gasteiger partial charge < -0.3 is 10.4 Å². The smallest absolute Gasteiger partial charge is 0.335 e.